The van der Waals surface area contributed by atoms with Crippen LogP contribution in [0.15, 0.2) is 21.7 Å². The summed E-state index contributed by atoms with van der Waals surface area (Å²) in [6, 6.07) is 2.03. The van der Waals surface area contributed by atoms with Gasteiger partial charge in [-0.3, -0.25) is 9.79 Å². The van der Waals surface area contributed by atoms with Crippen LogP contribution in [0.5, 0.6) is 0 Å². The number of aryl methyl sites for hydroxylation is 1. The molecule has 2 rings (SSSR count). The molecule has 1 aliphatic heterocycles. The normalized spacial score (nSPS) is 15.1. The number of nitrogens with zero attached hydrogens (tertiary/aromatic N) is 2. The van der Waals surface area contributed by atoms with Crippen LogP contribution in [-0.4, -0.2) is 68.2 Å². The maximum absolute atomic E-state index is 12.0. The van der Waals surface area contributed by atoms with Crippen molar-refractivity contribution in [3.63, 3.8) is 0 Å². The van der Waals surface area contributed by atoms with Crippen molar-refractivity contribution in [3.05, 3.63) is 23.7 Å². The summed E-state index contributed by atoms with van der Waals surface area (Å²) in [5.74, 6) is 0.919. The fourth-order valence-electron chi connectivity index (χ4n) is 3.09. The first-order valence-corrected chi connectivity index (χ1v) is 10.3. The fraction of sp³-hybridized carbons (Fsp3) is 0.650. The van der Waals surface area contributed by atoms with E-state index in [1.807, 2.05) is 20.8 Å². The summed E-state index contributed by atoms with van der Waals surface area (Å²) in [7, 11) is 0. The minimum absolute atomic E-state index is 0.199. The van der Waals surface area contributed by atoms with Gasteiger partial charge in [-0.25, -0.2) is 4.79 Å². The van der Waals surface area contributed by atoms with E-state index < -0.39 is 0 Å². The lowest BCUT2D eigenvalue weighted by atomic mass is 10.1. The number of furan rings is 1. The van der Waals surface area contributed by atoms with Gasteiger partial charge in [0.25, 0.3) is 5.91 Å². The van der Waals surface area contributed by atoms with Gasteiger partial charge in [0.05, 0.1) is 12.9 Å². The summed E-state index contributed by atoms with van der Waals surface area (Å²) in [4.78, 5) is 30.1. The van der Waals surface area contributed by atoms with E-state index in [9.17, 15) is 9.59 Å². The minimum atomic E-state index is -0.238. The van der Waals surface area contributed by atoms with E-state index in [4.69, 9.17) is 9.15 Å². The Morgan fingerprint density at radius 1 is 1.28 bits per heavy atom. The van der Waals surface area contributed by atoms with Gasteiger partial charge >= 0.3 is 6.09 Å². The standard InChI is InChI=1S/C20H33N5O4/c1-4-21-19(24-16-7-12-25(13-8-16)20(27)28-5-2)23-11-6-10-22-18(26)17-15(3)9-14-29-17/h9,14,16H,4-8,10-13H2,1-3H3,(H,22,26)(H2,21,23,24). The lowest BCUT2D eigenvalue weighted by Gasteiger charge is -2.32. The van der Waals surface area contributed by atoms with E-state index in [0.717, 1.165) is 37.3 Å². The summed E-state index contributed by atoms with van der Waals surface area (Å²) in [6.07, 6.45) is 3.70. The number of likely N-dealkylation sites (tertiary alicyclic amines) is 1. The summed E-state index contributed by atoms with van der Waals surface area (Å²) >= 11 is 0. The molecule has 2 heterocycles. The molecule has 0 radical (unpaired) electrons. The first-order valence-electron chi connectivity index (χ1n) is 10.3. The first-order chi connectivity index (χ1) is 14.0. The molecular formula is C20H33N5O4. The van der Waals surface area contributed by atoms with Crippen LogP contribution >= 0.6 is 0 Å². The van der Waals surface area contributed by atoms with E-state index in [1.165, 1.54) is 6.26 Å². The Hall–Kier alpha value is -2.71. The lowest BCUT2D eigenvalue weighted by Crippen LogP contribution is -2.50. The van der Waals surface area contributed by atoms with Crippen molar-refractivity contribution >= 4 is 18.0 Å². The highest BCUT2D eigenvalue weighted by molar-refractivity contribution is 5.92. The van der Waals surface area contributed by atoms with Crippen LogP contribution in [0.25, 0.3) is 0 Å². The Morgan fingerprint density at radius 2 is 2.03 bits per heavy atom. The molecular weight excluding hydrogens is 374 g/mol. The van der Waals surface area contributed by atoms with Crippen LogP contribution in [0.1, 0.15) is 49.2 Å². The molecule has 0 aliphatic carbocycles. The molecule has 1 saturated heterocycles. The van der Waals surface area contributed by atoms with E-state index in [1.54, 1.807) is 11.0 Å². The van der Waals surface area contributed by atoms with E-state index in [-0.39, 0.29) is 18.0 Å². The van der Waals surface area contributed by atoms with Crippen LogP contribution in [0, 0.1) is 6.92 Å². The number of rotatable bonds is 8. The summed E-state index contributed by atoms with van der Waals surface area (Å²) < 4.78 is 10.2. The molecule has 29 heavy (non-hydrogen) atoms. The quantitative estimate of drug-likeness (QED) is 0.345. The number of carbonyl (C=O) groups excluding carboxylic acids is 2. The smallest absolute Gasteiger partial charge is 0.409 e. The fourth-order valence-corrected chi connectivity index (χ4v) is 3.09. The average Bonchev–Trinajstić information content (AvgIpc) is 3.14. The number of hydrogen-bond donors (Lipinski definition) is 3. The number of guanidine groups is 1. The van der Waals surface area contributed by atoms with Gasteiger partial charge in [0.15, 0.2) is 11.7 Å². The highest BCUT2D eigenvalue weighted by Crippen LogP contribution is 2.11. The van der Waals surface area contributed by atoms with Gasteiger partial charge in [-0.2, -0.15) is 0 Å². The second-order valence-electron chi connectivity index (χ2n) is 6.91. The van der Waals surface area contributed by atoms with E-state index >= 15 is 0 Å². The Kier molecular flexibility index (Phi) is 9.33. The predicted molar refractivity (Wildman–Crippen MR) is 111 cm³/mol. The van der Waals surface area contributed by atoms with E-state index in [2.05, 4.69) is 20.9 Å². The molecule has 1 aliphatic rings. The van der Waals surface area contributed by atoms with Gasteiger partial charge in [-0.05, 0) is 46.1 Å². The average molecular weight is 408 g/mol. The summed E-state index contributed by atoms with van der Waals surface area (Å²) in [5.41, 5.74) is 0.827. The molecule has 1 aromatic rings. The molecule has 9 heteroatoms. The zero-order valence-electron chi connectivity index (χ0n) is 17.6. The third-order valence-corrected chi connectivity index (χ3v) is 4.66. The number of ether oxygens (including phenoxy) is 1. The molecule has 9 nitrogen and oxygen atoms in total. The first kappa shape index (κ1) is 22.6. The number of hydrogen-bond acceptors (Lipinski definition) is 5. The topological polar surface area (TPSA) is 108 Å². The molecule has 0 spiro atoms. The number of amides is 2. The number of piperidine rings is 1. The number of aliphatic imine (C=N–C) groups is 1. The van der Waals surface area contributed by atoms with Gasteiger partial charge in [0, 0.05) is 44.3 Å². The second kappa shape index (κ2) is 12.0. The van der Waals surface area contributed by atoms with Crippen molar-refractivity contribution in [2.45, 2.75) is 46.1 Å². The largest absolute Gasteiger partial charge is 0.459 e. The molecule has 162 valence electrons. The molecule has 0 bridgehead atoms. The van der Waals surface area contributed by atoms with Crippen molar-refractivity contribution in [1.82, 2.24) is 20.9 Å². The molecule has 0 unspecified atom stereocenters. The maximum Gasteiger partial charge on any atom is 0.409 e. The van der Waals surface area contributed by atoms with Crippen LogP contribution < -0.4 is 16.0 Å². The molecule has 3 N–H and O–H groups in total. The Morgan fingerprint density at radius 3 is 2.66 bits per heavy atom. The number of nitrogens with one attached hydrogen (secondary N) is 3. The van der Waals surface area contributed by atoms with Gasteiger partial charge in [-0.1, -0.05) is 0 Å². The highest BCUT2D eigenvalue weighted by atomic mass is 16.6. The third kappa shape index (κ3) is 7.32. The summed E-state index contributed by atoms with van der Waals surface area (Å²) in [6.45, 7) is 9.31. The molecule has 0 aromatic carbocycles. The molecule has 1 fully saturated rings. The van der Waals surface area contributed by atoms with Crippen LogP contribution in [-0.2, 0) is 4.74 Å². The number of carbonyl (C=O) groups is 2. The van der Waals surface area contributed by atoms with Crippen LogP contribution in [0.2, 0.25) is 0 Å². The van der Waals surface area contributed by atoms with Crippen molar-refractivity contribution in [3.8, 4) is 0 Å². The van der Waals surface area contributed by atoms with Crippen LogP contribution in [0.4, 0.5) is 4.79 Å². The van der Waals surface area contributed by atoms with E-state index in [0.29, 0.717) is 38.5 Å². The van der Waals surface area contributed by atoms with Crippen molar-refractivity contribution < 1.29 is 18.7 Å². The highest BCUT2D eigenvalue weighted by Gasteiger charge is 2.24. The molecule has 2 amide bonds. The third-order valence-electron chi connectivity index (χ3n) is 4.66. The second-order valence-corrected chi connectivity index (χ2v) is 6.91. The van der Waals surface area contributed by atoms with Gasteiger partial charge in [0.2, 0.25) is 0 Å². The Labute approximate surface area is 172 Å². The SMILES string of the molecule is CCNC(=NCCCNC(=O)c1occc1C)NC1CCN(C(=O)OCC)CC1. The van der Waals surface area contributed by atoms with Crippen LogP contribution in [0.3, 0.4) is 0 Å². The molecule has 0 atom stereocenters. The zero-order valence-corrected chi connectivity index (χ0v) is 17.6. The predicted octanol–water partition coefficient (Wildman–Crippen LogP) is 1.88. The minimum Gasteiger partial charge on any atom is -0.459 e. The van der Waals surface area contributed by atoms with Gasteiger partial charge in [0.1, 0.15) is 0 Å². The van der Waals surface area contributed by atoms with Crippen molar-refractivity contribution in [2.75, 3.05) is 39.3 Å². The molecule has 0 saturated carbocycles. The Balaban J connectivity index is 1.70. The Bertz CT molecular complexity index is 680. The lowest BCUT2D eigenvalue weighted by molar-refractivity contribution is 0.0923. The monoisotopic (exact) mass is 407 g/mol. The van der Waals surface area contributed by atoms with Gasteiger partial charge in [-0.15, -0.1) is 0 Å². The van der Waals surface area contributed by atoms with Gasteiger partial charge < -0.3 is 30.0 Å². The zero-order chi connectivity index (χ0) is 21.1. The van der Waals surface area contributed by atoms with Crippen molar-refractivity contribution in [1.29, 1.82) is 0 Å². The summed E-state index contributed by atoms with van der Waals surface area (Å²) in [5, 5.41) is 9.53. The van der Waals surface area contributed by atoms with Crippen molar-refractivity contribution in [2.24, 2.45) is 4.99 Å². The molecule has 1 aromatic heterocycles. The maximum atomic E-state index is 12.0.